The van der Waals surface area contributed by atoms with Crippen LogP contribution in [0.2, 0.25) is 0 Å². The Hall–Kier alpha value is -2.67. The molecule has 2 aromatic rings. The molecule has 0 saturated heterocycles. The first-order valence-corrected chi connectivity index (χ1v) is 9.41. The van der Waals surface area contributed by atoms with Crippen LogP contribution in [0, 0.1) is 18.6 Å². The van der Waals surface area contributed by atoms with E-state index < -0.39 is 11.9 Å². The third-order valence-corrected chi connectivity index (χ3v) is 4.67. The molecule has 5 nitrogen and oxygen atoms in total. The lowest BCUT2D eigenvalue weighted by Gasteiger charge is -2.24. The Labute approximate surface area is 164 Å². The van der Waals surface area contributed by atoms with Gasteiger partial charge in [0.25, 0.3) is 5.91 Å². The number of carbonyl (C=O) groups excluding carboxylic acids is 1. The van der Waals surface area contributed by atoms with Crippen molar-refractivity contribution >= 4 is 17.3 Å². The third kappa shape index (κ3) is 6.20. The molecule has 0 radical (unpaired) electrons. The molecule has 0 aliphatic rings. The largest absolute Gasteiger partial charge is 0.374 e. The normalized spacial score (nSPS) is 11.8. The molecule has 2 aromatic carbocycles. The Morgan fingerprint density at radius 1 is 1.14 bits per heavy atom. The molecule has 0 aromatic heterocycles. The summed E-state index contributed by atoms with van der Waals surface area (Å²) in [5, 5.41) is 12.0. The molecular weight excluding hydrogens is 364 g/mol. The fourth-order valence-electron chi connectivity index (χ4n) is 3.06. The quantitative estimate of drug-likeness (QED) is 0.322. The van der Waals surface area contributed by atoms with E-state index in [1.165, 1.54) is 18.2 Å². The molecule has 0 aliphatic carbocycles. The first-order chi connectivity index (χ1) is 13.4. The topological polar surface area (TPSA) is 64.6 Å². The van der Waals surface area contributed by atoms with Crippen LogP contribution in [-0.2, 0) is 4.79 Å². The van der Waals surface area contributed by atoms with E-state index in [-0.39, 0.29) is 11.6 Å². The van der Waals surface area contributed by atoms with Gasteiger partial charge in [0.05, 0.1) is 0 Å². The molecule has 1 atom stereocenters. The Balaban J connectivity index is 1.89. The van der Waals surface area contributed by atoms with Crippen molar-refractivity contribution in [3.8, 4) is 0 Å². The number of nitrogens with one attached hydrogen (secondary N) is 2. The number of anilines is 2. The van der Waals surface area contributed by atoms with Gasteiger partial charge >= 0.3 is 0 Å². The summed E-state index contributed by atoms with van der Waals surface area (Å²) in [6.45, 7) is 5.24. The van der Waals surface area contributed by atoms with Crippen molar-refractivity contribution in [2.45, 2.75) is 39.2 Å². The molecule has 0 saturated carbocycles. The van der Waals surface area contributed by atoms with Gasteiger partial charge in [-0.2, -0.15) is 0 Å². The third-order valence-electron chi connectivity index (χ3n) is 4.67. The highest BCUT2D eigenvalue weighted by Crippen LogP contribution is 2.18. The summed E-state index contributed by atoms with van der Waals surface area (Å²) >= 11 is 0. The minimum atomic E-state index is -0.629. The lowest BCUT2D eigenvalue weighted by atomic mass is 10.1. The van der Waals surface area contributed by atoms with Gasteiger partial charge in [-0.05, 0) is 81.1 Å². The predicted molar refractivity (Wildman–Crippen MR) is 107 cm³/mol. The average molecular weight is 391 g/mol. The summed E-state index contributed by atoms with van der Waals surface area (Å²) in [6, 6.07) is 10.3. The number of rotatable bonds is 10. The van der Waals surface area contributed by atoms with Crippen LogP contribution in [-0.4, -0.2) is 30.2 Å². The van der Waals surface area contributed by atoms with Crippen LogP contribution in [0.3, 0.4) is 0 Å². The van der Waals surface area contributed by atoms with E-state index in [0.717, 1.165) is 31.6 Å². The summed E-state index contributed by atoms with van der Waals surface area (Å²) in [4.78, 5) is 14.1. The minimum Gasteiger partial charge on any atom is -0.374 e. The summed E-state index contributed by atoms with van der Waals surface area (Å²) in [5.74, 6) is -1.11. The molecule has 0 heterocycles. The van der Waals surface area contributed by atoms with Gasteiger partial charge in [0.15, 0.2) is 0 Å². The van der Waals surface area contributed by atoms with Crippen LogP contribution in [0.25, 0.3) is 0 Å². The molecule has 28 heavy (non-hydrogen) atoms. The van der Waals surface area contributed by atoms with Gasteiger partial charge < -0.3 is 10.2 Å². The van der Waals surface area contributed by atoms with E-state index in [0.29, 0.717) is 17.7 Å². The van der Waals surface area contributed by atoms with Crippen molar-refractivity contribution in [1.82, 2.24) is 5.48 Å². The number of amides is 1. The number of nitrogens with zero attached hydrogens (tertiary/aromatic N) is 1. The number of carbonyl (C=O) groups is 1. The molecule has 0 aliphatic heterocycles. The van der Waals surface area contributed by atoms with Crippen LogP contribution in [0.5, 0.6) is 0 Å². The van der Waals surface area contributed by atoms with Crippen LogP contribution in [0.15, 0.2) is 42.5 Å². The van der Waals surface area contributed by atoms with E-state index in [9.17, 15) is 13.6 Å². The van der Waals surface area contributed by atoms with Crippen LogP contribution in [0.4, 0.5) is 20.2 Å². The summed E-state index contributed by atoms with van der Waals surface area (Å²) in [6.07, 6.45) is 2.07. The van der Waals surface area contributed by atoms with Crippen molar-refractivity contribution in [1.29, 1.82) is 0 Å². The lowest BCUT2D eigenvalue weighted by molar-refractivity contribution is -0.130. The number of benzene rings is 2. The standard InChI is InChI=1S/C21H27F2N3O2/c1-3-26(18-10-7-16(22)8-11-18)13-5-4-6-20(21(27)25-28)24-17-9-12-19(23)15(2)14-17/h7-12,14,20,24,28H,3-6,13H2,1-2H3,(H,25,27)/t20-/m1/s1. The Kier molecular flexibility index (Phi) is 8.19. The van der Waals surface area contributed by atoms with Gasteiger partial charge in [-0.25, -0.2) is 14.3 Å². The van der Waals surface area contributed by atoms with Crippen molar-refractivity contribution in [3.63, 3.8) is 0 Å². The van der Waals surface area contributed by atoms with Crippen LogP contribution >= 0.6 is 0 Å². The number of halogens is 2. The number of aryl methyl sites for hydroxylation is 1. The minimum absolute atomic E-state index is 0.264. The molecule has 1 amide bonds. The van der Waals surface area contributed by atoms with Gasteiger partial charge in [0.2, 0.25) is 0 Å². The fourth-order valence-corrected chi connectivity index (χ4v) is 3.06. The highest BCUT2D eigenvalue weighted by atomic mass is 19.1. The van der Waals surface area contributed by atoms with Crippen molar-refractivity contribution in [2.75, 3.05) is 23.3 Å². The molecule has 0 spiro atoms. The second-order valence-corrected chi connectivity index (χ2v) is 6.69. The van der Waals surface area contributed by atoms with Crippen LogP contribution in [0.1, 0.15) is 31.7 Å². The van der Waals surface area contributed by atoms with Gasteiger partial charge in [-0.3, -0.25) is 10.0 Å². The number of hydroxylamine groups is 1. The molecule has 152 valence electrons. The first kappa shape index (κ1) is 21.6. The van der Waals surface area contributed by atoms with Crippen LogP contribution < -0.4 is 15.7 Å². The molecular formula is C21H27F2N3O2. The van der Waals surface area contributed by atoms with E-state index >= 15 is 0 Å². The van der Waals surface area contributed by atoms with E-state index in [2.05, 4.69) is 10.2 Å². The maximum atomic E-state index is 13.4. The van der Waals surface area contributed by atoms with Crippen molar-refractivity contribution < 1.29 is 18.8 Å². The molecule has 3 N–H and O–H groups in total. The first-order valence-electron chi connectivity index (χ1n) is 9.41. The van der Waals surface area contributed by atoms with E-state index in [1.807, 2.05) is 6.92 Å². The highest BCUT2D eigenvalue weighted by molar-refractivity contribution is 5.83. The SMILES string of the molecule is CCN(CCCC[C@@H](Nc1ccc(F)c(C)c1)C(=O)NO)c1ccc(F)cc1. The second kappa shape index (κ2) is 10.6. The molecule has 0 fully saturated rings. The Morgan fingerprint density at radius 2 is 1.86 bits per heavy atom. The zero-order valence-corrected chi connectivity index (χ0v) is 16.2. The second-order valence-electron chi connectivity index (χ2n) is 6.69. The molecule has 0 bridgehead atoms. The summed E-state index contributed by atoms with van der Waals surface area (Å²) in [5.41, 5.74) is 3.73. The van der Waals surface area contributed by atoms with Crippen molar-refractivity contribution in [3.05, 3.63) is 59.7 Å². The summed E-state index contributed by atoms with van der Waals surface area (Å²) in [7, 11) is 0. The maximum Gasteiger partial charge on any atom is 0.265 e. The highest BCUT2D eigenvalue weighted by Gasteiger charge is 2.18. The Morgan fingerprint density at radius 3 is 2.46 bits per heavy atom. The van der Waals surface area contributed by atoms with Crippen molar-refractivity contribution in [2.24, 2.45) is 0 Å². The number of hydrogen-bond donors (Lipinski definition) is 3. The Bertz CT molecular complexity index is 769. The molecule has 0 unspecified atom stereocenters. The zero-order chi connectivity index (χ0) is 20.5. The fraction of sp³-hybridized carbons (Fsp3) is 0.381. The molecule has 7 heteroatoms. The smallest absolute Gasteiger partial charge is 0.265 e. The van der Waals surface area contributed by atoms with Gasteiger partial charge in [0, 0.05) is 24.5 Å². The van der Waals surface area contributed by atoms with Gasteiger partial charge in [0.1, 0.15) is 17.7 Å². The monoisotopic (exact) mass is 391 g/mol. The van der Waals surface area contributed by atoms with Gasteiger partial charge in [-0.1, -0.05) is 0 Å². The maximum absolute atomic E-state index is 13.4. The van der Waals surface area contributed by atoms with E-state index in [1.54, 1.807) is 36.7 Å². The lowest BCUT2D eigenvalue weighted by Crippen LogP contribution is -2.38. The number of unbranched alkanes of at least 4 members (excludes halogenated alkanes) is 1. The molecule has 2 rings (SSSR count). The zero-order valence-electron chi connectivity index (χ0n) is 16.2. The van der Waals surface area contributed by atoms with E-state index in [4.69, 9.17) is 5.21 Å². The predicted octanol–water partition coefficient (Wildman–Crippen LogP) is 4.26. The van der Waals surface area contributed by atoms with Gasteiger partial charge in [-0.15, -0.1) is 0 Å². The number of hydrogen-bond acceptors (Lipinski definition) is 4. The average Bonchev–Trinajstić information content (AvgIpc) is 2.70. The summed E-state index contributed by atoms with van der Waals surface area (Å²) < 4.78 is 26.5.